The fraction of sp³-hybridized carbons (Fsp3) is 0.625. The summed E-state index contributed by atoms with van der Waals surface area (Å²) in [5.74, 6) is -0.185. The van der Waals surface area contributed by atoms with Crippen LogP contribution in [0.25, 0.3) is 0 Å². The van der Waals surface area contributed by atoms with Crippen molar-refractivity contribution in [1.29, 1.82) is 0 Å². The van der Waals surface area contributed by atoms with Gasteiger partial charge in [0.1, 0.15) is 5.82 Å². The Morgan fingerprint density at radius 3 is 2.45 bits per heavy atom. The molecule has 0 aromatic heterocycles. The third kappa shape index (κ3) is 4.76. The fourth-order valence-electron chi connectivity index (χ4n) is 2.54. The Morgan fingerprint density at radius 2 is 1.80 bits per heavy atom. The molecule has 2 rings (SSSR count). The van der Waals surface area contributed by atoms with E-state index in [4.69, 9.17) is 0 Å². The van der Waals surface area contributed by atoms with Crippen molar-refractivity contribution in [1.82, 2.24) is 4.90 Å². The van der Waals surface area contributed by atoms with Crippen molar-refractivity contribution in [3.05, 3.63) is 30.1 Å². The summed E-state index contributed by atoms with van der Waals surface area (Å²) in [5, 5.41) is 9.80. The zero-order chi connectivity index (χ0) is 14.6. The Kier molecular flexibility index (Phi) is 5.00. The topological polar surface area (TPSA) is 26.7 Å². The Bertz CT molecular complexity index is 413. The number of aliphatic hydroxyl groups is 1. The third-order valence-electron chi connectivity index (χ3n) is 3.82. The highest BCUT2D eigenvalue weighted by Crippen LogP contribution is 2.17. The highest BCUT2D eigenvalue weighted by atomic mass is 19.1. The summed E-state index contributed by atoms with van der Waals surface area (Å²) in [6, 6.07) is 6.74. The second-order valence-corrected chi connectivity index (χ2v) is 6.22. The first-order valence-corrected chi connectivity index (χ1v) is 7.39. The smallest absolute Gasteiger partial charge is 0.123 e. The molecular formula is C16H25FN2O. The molecule has 1 saturated heterocycles. The molecule has 20 heavy (non-hydrogen) atoms. The molecule has 0 aliphatic carbocycles. The first-order chi connectivity index (χ1) is 9.44. The van der Waals surface area contributed by atoms with Crippen LogP contribution in [0, 0.1) is 5.82 Å². The van der Waals surface area contributed by atoms with Crippen molar-refractivity contribution in [3.8, 4) is 0 Å². The summed E-state index contributed by atoms with van der Waals surface area (Å²) < 4.78 is 13.0. The zero-order valence-corrected chi connectivity index (χ0v) is 12.5. The number of benzene rings is 1. The van der Waals surface area contributed by atoms with E-state index in [1.165, 1.54) is 12.1 Å². The molecule has 1 aliphatic heterocycles. The van der Waals surface area contributed by atoms with Crippen LogP contribution in [-0.4, -0.2) is 48.3 Å². The quantitative estimate of drug-likeness (QED) is 0.918. The van der Waals surface area contributed by atoms with E-state index < -0.39 is 5.60 Å². The van der Waals surface area contributed by atoms with Gasteiger partial charge in [-0.25, -0.2) is 4.39 Å². The summed E-state index contributed by atoms with van der Waals surface area (Å²) in [6.45, 7) is 8.66. The second kappa shape index (κ2) is 6.55. The number of nitrogens with zero attached hydrogens (tertiary/aromatic N) is 2. The standard InChI is InChI=1S/C16H25FN2O/c1-16(2,20)8-11-18-9-3-10-19(13-12-18)15-6-4-14(17)5-7-15/h4-7,20H,3,8-13H2,1-2H3. The number of hydrogen-bond donors (Lipinski definition) is 1. The SMILES string of the molecule is CC(C)(O)CCN1CCCN(c2ccc(F)cc2)CC1. The van der Waals surface area contributed by atoms with E-state index in [2.05, 4.69) is 9.80 Å². The molecule has 1 aromatic carbocycles. The van der Waals surface area contributed by atoms with Crippen molar-refractivity contribution >= 4 is 5.69 Å². The molecule has 1 aliphatic rings. The molecule has 1 fully saturated rings. The van der Waals surface area contributed by atoms with Gasteiger partial charge in [-0.15, -0.1) is 0 Å². The second-order valence-electron chi connectivity index (χ2n) is 6.22. The summed E-state index contributed by atoms with van der Waals surface area (Å²) in [4.78, 5) is 4.71. The lowest BCUT2D eigenvalue weighted by Gasteiger charge is -2.25. The molecular weight excluding hydrogens is 255 g/mol. The minimum Gasteiger partial charge on any atom is -0.390 e. The van der Waals surface area contributed by atoms with Crippen LogP contribution in [0.4, 0.5) is 10.1 Å². The maximum Gasteiger partial charge on any atom is 0.123 e. The lowest BCUT2D eigenvalue weighted by Crippen LogP contribution is -2.34. The van der Waals surface area contributed by atoms with Crippen molar-refractivity contribution < 1.29 is 9.50 Å². The first kappa shape index (κ1) is 15.3. The van der Waals surface area contributed by atoms with Crippen LogP contribution in [0.3, 0.4) is 0 Å². The van der Waals surface area contributed by atoms with E-state index in [0.717, 1.165) is 51.3 Å². The van der Waals surface area contributed by atoms with Crippen LogP contribution in [-0.2, 0) is 0 Å². The monoisotopic (exact) mass is 280 g/mol. The van der Waals surface area contributed by atoms with E-state index in [1.54, 1.807) is 0 Å². The minimum absolute atomic E-state index is 0.185. The summed E-state index contributed by atoms with van der Waals surface area (Å²) in [6.07, 6.45) is 1.90. The molecule has 0 bridgehead atoms. The Hall–Kier alpha value is -1.13. The number of hydrogen-bond acceptors (Lipinski definition) is 3. The lowest BCUT2D eigenvalue weighted by molar-refractivity contribution is 0.0585. The Labute approximate surface area is 121 Å². The normalized spacial score (nSPS) is 18.1. The molecule has 4 heteroatoms. The largest absolute Gasteiger partial charge is 0.390 e. The van der Waals surface area contributed by atoms with E-state index in [1.807, 2.05) is 26.0 Å². The lowest BCUT2D eigenvalue weighted by atomic mass is 10.1. The van der Waals surface area contributed by atoms with Gasteiger partial charge in [0.2, 0.25) is 0 Å². The van der Waals surface area contributed by atoms with Crippen LogP contribution in [0.1, 0.15) is 26.7 Å². The first-order valence-electron chi connectivity index (χ1n) is 7.39. The molecule has 112 valence electrons. The van der Waals surface area contributed by atoms with Gasteiger partial charge < -0.3 is 14.9 Å². The van der Waals surface area contributed by atoms with Gasteiger partial charge in [-0.05, 0) is 57.5 Å². The zero-order valence-electron chi connectivity index (χ0n) is 12.5. The van der Waals surface area contributed by atoms with E-state index in [0.29, 0.717) is 0 Å². The highest BCUT2D eigenvalue weighted by Gasteiger charge is 2.18. The molecule has 0 saturated carbocycles. The number of anilines is 1. The van der Waals surface area contributed by atoms with Crippen molar-refractivity contribution in [2.75, 3.05) is 37.6 Å². The number of halogens is 1. The average Bonchev–Trinajstić information content (AvgIpc) is 2.62. The molecule has 1 aromatic rings. The van der Waals surface area contributed by atoms with Crippen LogP contribution in [0.5, 0.6) is 0 Å². The maximum atomic E-state index is 13.0. The van der Waals surface area contributed by atoms with Gasteiger partial charge in [-0.1, -0.05) is 0 Å². The van der Waals surface area contributed by atoms with E-state index in [-0.39, 0.29) is 5.82 Å². The fourth-order valence-corrected chi connectivity index (χ4v) is 2.54. The van der Waals surface area contributed by atoms with Gasteiger partial charge in [0.15, 0.2) is 0 Å². The van der Waals surface area contributed by atoms with Crippen LogP contribution < -0.4 is 4.90 Å². The predicted molar refractivity (Wildman–Crippen MR) is 80.6 cm³/mol. The van der Waals surface area contributed by atoms with Gasteiger partial charge in [0, 0.05) is 31.9 Å². The van der Waals surface area contributed by atoms with Crippen LogP contribution in [0.2, 0.25) is 0 Å². The van der Waals surface area contributed by atoms with Crippen molar-refractivity contribution in [2.45, 2.75) is 32.3 Å². The molecule has 1 N–H and O–H groups in total. The van der Waals surface area contributed by atoms with Gasteiger partial charge in [0.05, 0.1) is 5.60 Å². The van der Waals surface area contributed by atoms with Crippen LogP contribution in [0.15, 0.2) is 24.3 Å². The summed E-state index contributed by atoms with van der Waals surface area (Å²) in [5.41, 5.74) is 0.499. The average molecular weight is 280 g/mol. The minimum atomic E-state index is -0.594. The Balaban J connectivity index is 1.87. The molecule has 0 unspecified atom stereocenters. The molecule has 3 nitrogen and oxygen atoms in total. The van der Waals surface area contributed by atoms with Crippen molar-refractivity contribution in [3.63, 3.8) is 0 Å². The highest BCUT2D eigenvalue weighted by molar-refractivity contribution is 5.46. The van der Waals surface area contributed by atoms with Crippen LogP contribution >= 0.6 is 0 Å². The molecule has 0 spiro atoms. The van der Waals surface area contributed by atoms with E-state index >= 15 is 0 Å². The summed E-state index contributed by atoms with van der Waals surface area (Å²) in [7, 11) is 0. The summed E-state index contributed by atoms with van der Waals surface area (Å²) >= 11 is 0. The van der Waals surface area contributed by atoms with Crippen molar-refractivity contribution in [2.24, 2.45) is 0 Å². The van der Waals surface area contributed by atoms with Gasteiger partial charge in [-0.2, -0.15) is 0 Å². The molecule has 1 heterocycles. The third-order valence-corrected chi connectivity index (χ3v) is 3.82. The van der Waals surface area contributed by atoms with Gasteiger partial charge >= 0.3 is 0 Å². The number of rotatable bonds is 4. The van der Waals surface area contributed by atoms with Gasteiger partial charge in [0.25, 0.3) is 0 Å². The predicted octanol–water partition coefficient (Wildman–Crippen LogP) is 2.50. The Morgan fingerprint density at radius 1 is 1.10 bits per heavy atom. The molecule has 0 radical (unpaired) electrons. The molecule has 0 amide bonds. The van der Waals surface area contributed by atoms with Gasteiger partial charge in [-0.3, -0.25) is 0 Å². The molecule has 0 atom stereocenters. The van der Waals surface area contributed by atoms with E-state index in [9.17, 15) is 9.50 Å². The maximum absolute atomic E-state index is 13.0.